The summed E-state index contributed by atoms with van der Waals surface area (Å²) < 4.78 is 5.16. The summed E-state index contributed by atoms with van der Waals surface area (Å²) in [5.74, 6) is 0.926. The minimum atomic E-state index is 0.604. The molecule has 0 radical (unpaired) electrons. The van der Waals surface area contributed by atoms with Crippen LogP contribution in [0, 0.1) is 0 Å². The van der Waals surface area contributed by atoms with Crippen molar-refractivity contribution < 1.29 is 4.74 Å². The highest BCUT2D eigenvalue weighted by atomic mass is 16.5. The third-order valence-electron chi connectivity index (χ3n) is 3.31. The normalized spacial score (nSPS) is 12.1. The van der Waals surface area contributed by atoms with Crippen LogP contribution in [0.4, 0.5) is 0 Å². The number of rotatable bonds is 9. The standard InChI is InChI=1S/C16H25NO/c1-4-5-6-7-15(17-2)11-8-14-9-12-16(18-3)13-10-14/h4,9-10,12-13,15,17H,1,5-8,11H2,2-3H3. The van der Waals surface area contributed by atoms with Crippen molar-refractivity contribution in [3.63, 3.8) is 0 Å². The van der Waals surface area contributed by atoms with Gasteiger partial charge >= 0.3 is 0 Å². The minimum Gasteiger partial charge on any atom is -0.497 e. The number of allylic oxidation sites excluding steroid dienone is 1. The summed E-state index contributed by atoms with van der Waals surface area (Å²) in [5.41, 5.74) is 1.37. The van der Waals surface area contributed by atoms with Crippen molar-refractivity contribution in [2.45, 2.75) is 38.1 Å². The van der Waals surface area contributed by atoms with E-state index in [0.717, 1.165) is 18.6 Å². The van der Waals surface area contributed by atoms with Gasteiger partial charge in [-0.2, -0.15) is 0 Å². The molecule has 0 spiro atoms. The van der Waals surface area contributed by atoms with Crippen LogP contribution >= 0.6 is 0 Å². The van der Waals surface area contributed by atoms with Gasteiger partial charge in [-0.15, -0.1) is 6.58 Å². The van der Waals surface area contributed by atoms with Crippen LogP contribution in [0.25, 0.3) is 0 Å². The quantitative estimate of drug-likeness (QED) is 0.532. The first-order valence-electron chi connectivity index (χ1n) is 6.71. The molecule has 1 rings (SSSR count). The van der Waals surface area contributed by atoms with E-state index in [1.165, 1.54) is 24.8 Å². The summed E-state index contributed by atoms with van der Waals surface area (Å²) >= 11 is 0. The van der Waals surface area contributed by atoms with E-state index >= 15 is 0 Å². The molecule has 0 aliphatic carbocycles. The molecule has 2 heteroatoms. The lowest BCUT2D eigenvalue weighted by molar-refractivity contribution is 0.414. The number of nitrogens with one attached hydrogen (secondary N) is 1. The predicted molar refractivity (Wildman–Crippen MR) is 78.2 cm³/mol. The van der Waals surface area contributed by atoms with Gasteiger partial charge < -0.3 is 10.1 Å². The van der Waals surface area contributed by atoms with E-state index in [-0.39, 0.29) is 0 Å². The van der Waals surface area contributed by atoms with Gasteiger partial charge in [-0.3, -0.25) is 0 Å². The molecule has 1 unspecified atom stereocenters. The van der Waals surface area contributed by atoms with Crippen LogP contribution in [0.15, 0.2) is 36.9 Å². The van der Waals surface area contributed by atoms with Gasteiger partial charge in [0.05, 0.1) is 7.11 Å². The van der Waals surface area contributed by atoms with E-state index in [1.807, 2.05) is 25.3 Å². The van der Waals surface area contributed by atoms with Crippen LogP contribution in [-0.4, -0.2) is 20.2 Å². The van der Waals surface area contributed by atoms with Crippen LogP contribution in [0.2, 0.25) is 0 Å². The second kappa shape index (κ2) is 8.76. The summed E-state index contributed by atoms with van der Waals surface area (Å²) in [6.45, 7) is 3.76. The van der Waals surface area contributed by atoms with Crippen molar-refractivity contribution in [3.05, 3.63) is 42.5 Å². The topological polar surface area (TPSA) is 21.3 Å². The summed E-state index contributed by atoms with van der Waals surface area (Å²) in [6.07, 6.45) is 7.84. The molecule has 18 heavy (non-hydrogen) atoms. The Hall–Kier alpha value is -1.28. The molecular formula is C16H25NO. The Balaban J connectivity index is 2.34. The molecule has 0 amide bonds. The summed E-state index contributed by atoms with van der Waals surface area (Å²) in [7, 11) is 3.75. The molecule has 1 atom stereocenters. The fourth-order valence-electron chi connectivity index (χ4n) is 2.07. The highest BCUT2D eigenvalue weighted by Gasteiger charge is 2.05. The summed E-state index contributed by atoms with van der Waals surface area (Å²) in [5, 5.41) is 3.39. The van der Waals surface area contributed by atoms with E-state index in [4.69, 9.17) is 4.74 Å². The lowest BCUT2D eigenvalue weighted by Gasteiger charge is -2.15. The minimum absolute atomic E-state index is 0.604. The second-order valence-corrected chi connectivity index (χ2v) is 4.59. The van der Waals surface area contributed by atoms with Crippen LogP contribution < -0.4 is 10.1 Å². The van der Waals surface area contributed by atoms with Crippen LogP contribution in [0.1, 0.15) is 31.2 Å². The number of hydrogen-bond donors (Lipinski definition) is 1. The van der Waals surface area contributed by atoms with Gasteiger partial charge in [0.25, 0.3) is 0 Å². The van der Waals surface area contributed by atoms with E-state index in [1.54, 1.807) is 7.11 Å². The Bertz CT molecular complexity index is 331. The Morgan fingerprint density at radius 2 is 2.00 bits per heavy atom. The first-order chi connectivity index (χ1) is 8.80. The molecule has 0 aliphatic heterocycles. The van der Waals surface area contributed by atoms with Crippen molar-refractivity contribution in [1.29, 1.82) is 0 Å². The third-order valence-corrected chi connectivity index (χ3v) is 3.31. The second-order valence-electron chi connectivity index (χ2n) is 4.59. The van der Waals surface area contributed by atoms with Gasteiger partial charge in [-0.25, -0.2) is 0 Å². The van der Waals surface area contributed by atoms with Crippen LogP contribution in [0.5, 0.6) is 5.75 Å². The zero-order valence-electron chi connectivity index (χ0n) is 11.6. The average molecular weight is 247 g/mol. The number of unbranched alkanes of at least 4 members (excludes halogenated alkanes) is 1. The maximum absolute atomic E-state index is 5.16. The molecule has 0 fully saturated rings. The zero-order chi connectivity index (χ0) is 13.2. The number of aryl methyl sites for hydroxylation is 1. The van der Waals surface area contributed by atoms with Crippen molar-refractivity contribution in [3.8, 4) is 5.75 Å². The average Bonchev–Trinajstić information content (AvgIpc) is 2.43. The Labute approximate surface area is 111 Å². The summed E-state index contributed by atoms with van der Waals surface area (Å²) in [4.78, 5) is 0. The maximum Gasteiger partial charge on any atom is 0.118 e. The first-order valence-corrected chi connectivity index (χ1v) is 6.71. The Morgan fingerprint density at radius 3 is 2.56 bits per heavy atom. The molecule has 0 aromatic heterocycles. The van der Waals surface area contributed by atoms with E-state index in [2.05, 4.69) is 24.0 Å². The van der Waals surface area contributed by atoms with Crippen molar-refractivity contribution in [1.82, 2.24) is 5.32 Å². The predicted octanol–water partition coefficient (Wildman–Crippen LogP) is 3.57. The molecule has 1 N–H and O–H groups in total. The van der Waals surface area contributed by atoms with Crippen LogP contribution in [0.3, 0.4) is 0 Å². The van der Waals surface area contributed by atoms with Gasteiger partial charge in [0.2, 0.25) is 0 Å². The number of benzene rings is 1. The lowest BCUT2D eigenvalue weighted by atomic mass is 10.0. The largest absolute Gasteiger partial charge is 0.497 e. The number of ether oxygens (including phenoxy) is 1. The monoisotopic (exact) mass is 247 g/mol. The summed E-state index contributed by atoms with van der Waals surface area (Å²) in [6, 6.07) is 8.96. The van der Waals surface area contributed by atoms with Crippen molar-refractivity contribution in [2.24, 2.45) is 0 Å². The molecule has 0 aliphatic rings. The molecule has 0 bridgehead atoms. The molecule has 100 valence electrons. The molecule has 1 aromatic rings. The molecule has 0 saturated heterocycles. The Kier molecular flexibility index (Phi) is 7.19. The zero-order valence-corrected chi connectivity index (χ0v) is 11.6. The molecule has 0 saturated carbocycles. The third kappa shape index (κ3) is 5.37. The fraction of sp³-hybridized carbons (Fsp3) is 0.500. The van der Waals surface area contributed by atoms with Gasteiger partial charge in [0.15, 0.2) is 0 Å². The van der Waals surface area contributed by atoms with E-state index in [0.29, 0.717) is 6.04 Å². The molecule has 2 nitrogen and oxygen atoms in total. The fourth-order valence-corrected chi connectivity index (χ4v) is 2.07. The van der Waals surface area contributed by atoms with E-state index < -0.39 is 0 Å². The Morgan fingerprint density at radius 1 is 1.28 bits per heavy atom. The van der Waals surface area contributed by atoms with Gasteiger partial charge in [-0.1, -0.05) is 18.2 Å². The molecule has 1 aromatic carbocycles. The molecular weight excluding hydrogens is 222 g/mol. The number of methoxy groups -OCH3 is 1. The highest BCUT2D eigenvalue weighted by molar-refractivity contribution is 5.27. The SMILES string of the molecule is C=CCCCC(CCc1ccc(OC)cc1)NC. The first kappa shape index (κ1) is 14.8. The molecule has 0 heterocycles. The maximum atomic E-state index is 5.16. The van der Waals surface area contributed by atoms with Gasteiger partial charge in [0.1, 0.15) is 5.75 Å². The van der Waals surface area contributed by atoms with E-state index in [9.17, 15) is 0 Å². The van der Waals surface area contributed by atoms with Crippen molar-refractivity contribution in [2.75, 3.05) is 14.2 Å². The van der Waals surface area contributed by atoms with Gasteiger partial charge in [-0.05, 0) is 56.8 Å². The lowest BCUT2D eigenvalue weighted by Crippen LogP contribution is -2.25. The van der Waals surface area contributed by atoms with Crippen LogP contribution in [-0.2, 0) is 6.42 Å². The van der Waals surface area contributed by atoms with Crippen molar-refractivity contribution >= 4 is 0 Å². The van der Waals surface area contributed by atoms with Gasteiger partial charge in [0, 0.05) is 6.04 Å². The highest BCUT2D eigenvalue weighted by Crippen LogP contribution is 2.14. The smallest absolute Gasteiger partial charge is 0.118 e. The number of hydrogen-bond acceptors (Lipinski definition) is 2.